The molecule has 0 N–H and O–H groups in total. The Morgan fingerprint density at radius 2 is 1.96 bits per heavy atom. The summed E-state index contributed by atoms with van der Waals surface area (Å²) in [7, 11) is -2.37. The predicted molar refractivity (Wildman–Crippen MR) is 110 cm³/mol. The summed E-state index contributed by atoms with van der Waals surface area (Å²) in [6, 6.07) is 9.00. The van der Waals surface area contributed by atoms with E-state index in [4.69, 9.17) is 21.1 Å². The standard InChI is InChI=1S/C20H22ClNO5S/c1-5-11-22(15-7-9-17(18(21)13-15)20(23)27-6-2)28(24,25)16-8-10-19(26-4)14(3)12-16/h5,7-10,12-13H,1,6,11H2,2-4H3. The second-order valence-electron chi connectivity index (χ2n) is 5.84. The summed E-state index contributed by atoms with van der Waals surface area (Å²) in [5.74, 6) is 0.0269. The summed E-state index contributed by atoms with van der Waals surface area (Å²) in [5, 5.41) is 0.103. The Morgan fingerprint density at radius 3 is 2.50 bits per heavy atom. The van der Waals surface area contributed by atoms with Crippen molar-refractivity contribution in [3.8, 4) is 5.75 Å². The van der Waals surface area contributed by atoms with Crippen LogP contribution in [0.15, 0.2) is 53.9 Å². The van der Waals surface area contributed by atoms with Crippen LogP contribution in [-0.2, 0) is 14.8 Å². The Bertz CT molecular complexity index is 988. The van der Waals surface area contributed by atoms with Crippen molar-refractivity contribution in [2.75, 3.05) is 24.6 Å². The molecule has 0 atom stereocenters. The van der Waals surface area contributed by atoms with Gasteiger partial charge in [-0.1, -0.05) is 17.7 Å². The second-order valence-corrected chi connectivity index (χ2v) is 8.11. The molecule has 150 valence electrons. The van der Waals surface area contributed by atoms with Crippen molar-refractivity contribution in [1.29, 1.82) is 0 Å². The van der Waals surface area contributed by atoms with Gasteiger partial charge in [-0.3, -0.25) is 4.31 Å². The smallest absolute Gasteiger partial charge is 0.339 e. The minimum Gasteiger partial charge on any atom is -0.496 e. The van der Waals surface area contributed by atoms with Crippen molar-refractivity contribution in [2.24, 2.45) is 0 Å². The fourth-order valence-electron chi connectivity index (χ4n) is 2.63. The van der Waals surface area contributed by atoms with Gasteiger partial charge in [-0.15, -0.1) is 6.58 Å². The fraction of sp³-hybridized carbons (Fsp3) is 0.250. The molecule has 0 aliphatic carbocycles. The lowest BCUT2D eigenvalue weighted by Crippen LogP contribution is -2.31. The van der Waals surface area contributed by atoms with Crippen LogP contribution in [0, 0.1) is 6.92 Å². The number of methoxy groups -OCH3 is 1. The van der Waals surface area contributed by atoms with E-state index in [1.807, 2.05) is 0 Å². The number of carbonyl (C=O) groups excluding carboxylic acids is 1. The maximum absolute atomic E-state index is 13.2. The molecule has 2 rings (SSSR count). The predicted octanol–water partition coefficient (Wildman–Crippen LogP) is 4.22. The van der Waals surface area contributed by atoms with Gasteiger partial charge in [0.25, 0.3) is 10.0 Å². The molecule has 6 nitrogen and oxygen atoms in total. The topological polar surface area (TPSA) is 72.9 Å². The SMILES string of the molecule is C=CCN(c1ccc(C(=O)OCC)c(Cl)c1)S(=O)(=O)c1ccc(OC)c(C)c1. The number of aryl methyl sites for hydroxylation is 1. The van der Waals surface area contributed by atoms with Crippen LogP contribution in [0.2, 0.25) is 5.02 Å². The van der Waals surface area contributed by atoms with Gasteiger partial charge in [-0.05, 0) is 55.8 Å². The number of hydrogen-bond donors (Lipinski definition) is 0. The van der Waals surface area contributed by atoms with E-state index in [0.29, 0.717) is 17.0 Å². The van der Waals surface area contributed by atoms with Gasteiger partial charge in [0.1, 0.15) is 5.75 Å². The molecule has 0 radical (unpaired) electrons. The van der Waals surface area contributed by atoms with Crippen LogP contribution in [0.25, 0.3) is 0 Å². The number of rotatable bonds is 8. The van der Waals surface area contributed by atoms with Gasteiger partial charge in [-0.25, -0.2) is 13.2 Å². The first-order valence-corrected chi connectivity index (χ1v) is 10.3. The first-order valence-electron chi connectivity index (χ1n) is 8.51. The van der Waals surface area contributed by atoms with Gasteiger partial charge >= 0.3 is 5.97 Å². The lowest BCUT2D eigenvalue weighted by Gasteiger charge is -2.24. The Balaban J connectivity index is 2.49. The Labute approximate surface area is 170 Å². The number of esters is 1. The maximum atomic E-state index is 13.2. The van der Waals surface area contributed by atoms with E-state index in [9.17, 15) is 13.2 Å². The lowest BCUT2D eigenvalue weighted by molar-refractivity contribution is 0.0526. The molecule has 28 heavy (non-hydrogen) atoms. The highest BCUT2D eigenvalue weighted by atomic mass is 35.5. The second kappa shape index (κ2) is 9.12. The summed E-state index contributed by atoms with van der Waals surface area (Å²) < 4.78 is 37.7. The van der Waals surface area contributed by atoms with Crippen molar-refractivity contribution in [3.05, 3.63) is 65.2 Å². The first kappa shape index (κ1) is 21.8. The fourth-order valence-corrected chi connectivity index (χ4v) is 4.40. The molecule has 0 saturated heterocycles. The van der Waals surface area contributed by atoms with Crippen LogP contribution in [0.4, 0.5) is 5.69 Å². The van der Waals surface area contributed by atoms with E-state index in [1.165, 1.54) is 41.8 Å². The summed E-state index contributed by atoms with van der Waals surface area (Å²) in [4.78, 5) is 12.0. The molecule has 0 amide bonds. The number of hydrogen-bond acceptors (Lipinski definition) is 5. The van der Waals surface area contributed by atoms with Gasteiger partial charge in [-0.2, -0.15) is 0 Å². The highest BCUT2D eigenvalue weighted by molar-refractivity contribution is 7.92. The number of anilines is 1. The molecule has 0 aromatic heterocycles. The van der Waals surface area contributed by atoms with E-state index in [0.717, 1.165) is 0 Å². The molecule has 0 heterocycles. The van der Waals surface area contributed by atoms with Gasteiger partial charge < -0.3 is 9.47 Å². The summed E-state index contributed by atoms with van der Waals surface area (Å²) in [6.45, 7) is 7.34. The van der Waals surface area contributed by atoms with E-state index >= 15 is 0 Å². The molecule has 0 fully saturated rings. The van der Waals surface area contributed by atoms with Gasteiger partial charge in [0.2, 0.25) is 0 Å². The molecule has 0 aliphatic heterocycles. The van der Waals surface area contributed by atoms with Crippen molar-refractivity contribution in [3.63, 3.8) is 0 Å². The minimum absolute atomic E-state index is 0.0303. The molecular formula is C20H22ClNO5S. The molecule has 0 bridgehead atoms. The number of benzene rings is 2. The third kappa shape index (κ3) is 4.48. The van der Waals surface area contributed by atoms with Gasteiger partial charge in [0, 0.05) is 0 Å². The zero-order valence-electron chi connectivity index (χ0n) is 15.9. The molecule has 2 aromatic carbocycles. The Morgan fingerprint density at radius 1 is 1.25 bits per heavy atom. The quantitative estimate of drug-likeness (QED) is 0.469. The van der Waals surface area contributed by atoms with Gasteiger partial charge in [0.05, 0.1) is 41.4 Å². The summed E-state index contributed by atoms with van der Waals surface area (Å²) >= 11 is 6.20. The number of ether oxygens (including phenoxy) is 2. The normalized spacial score (nSPS) is 11.0. The molecule has 0 spiro atoms. The summed E-state index contributed by atoms with van der Waals surface area (Å²) in [5.41, 5.74) is 1.17. The van der Waals surface area contributed by atoms with E-state index in [2.05, 4.69) is 6.58 Å². The van der Waals surface area contributed by atoms with E-state index in [-0.39, 0.29) is 28.6 Å². The van der Waals surface area contributed by atoms with Crippen molar-refractivity contribution < 1.29 is 22.7 Å². The molecule has 8 heteroatoms. The average molecular weight is 424 g/mol. The van der Waals surface area contributed by atoms with Crippen LogP contribution < -0.4 is 9.04 Å². The maximum Gasteiger partial charge on any atom is 0.339 e. The monoisotopic (exact) mass is 423 g/mol. The van der Waals surface area contributed by atoms with Crippen LogP contribution in [-0.4, -0.2) is 34.6 Å². The van der Waals surface area contributed by atoms with Gasteiger partial charge in [0.15, 0.2) is 0 Å². The zero-order valence-corrected chi connectivity index (χ0v) is 17.5. The van der Waals surface area contributed by atoms with Crippen LogP contribution in [0.3, 0.4) is 0 Å². The number of carbonyl (C=O) groups is 1. The zero-order chi connectivity index (χ0) is 20.9. The molecule has 0 aliphatic rings. The first-order chi connectivity index (χ1) is 13.3. The van der Waals surface area contributed by atoms with E-state index < -0.39 is 16.0 Å². The van der Waals surface area contributed by atoms with E-state index in [1.54, 1.807) is 26.0 Å². The summed E-state index contributed by atoms with van der Waals surface area (Å²) in [6.07, 6.45) is 1.47. The average Bonchev–Trinajstić information content (AvgIpc) is 2.65. The largest absolute Gasteiger partial charge is 0.496 e. The number of sulfonamides is 1. The number of nitrogens with zero attached hydrogens (tertiary/aromatic N) is 1. The van der Waals surface area contributed by atoms with Crippen molar-refractivity contribution in [1.82, 2.24) is 0 Å². The third-order valence-corrected chi connectivity index (χ3v) is 6.09. The Kier molecular flexibility index (Phi) is 7.10. The van der Waals surface area contributed by atoms with Crippen LogP contribution in [0.1, 0.15) is 22.8 Å². The van der Waals surface area contributed by atoms with Crippen molar-refractivity contribution >= 4 is 33.3 Å². The van der Waals surface area contributed by atoms with Crippen LogP contribution >= 0.6 is 11.6 Å². The molecule has 0 saturated carbocycles. The molecule has 2 aromatic rings. The van der Waals surface area contributed by atoms with Crippen LogP contribution in [0.5, 0.6) is 5.75 Å². The lowest BCUT2D eigenvalue weighted by atomic mass is 10.2. The minimum atomic E-state index is -3.89. The highest BCUT2D eigenvalue weighted by Crippen LogP contribution is 2.30. The Hall–Kier alpha value is -2.51. The highest BCUT2D eigenvalue weighted by Gasteiger charge is 2.26. The molecular weight excluding hydrogens is 402 g/mol. The molecule has 0 unspecified atom stereocenters. The number of halogens is 1. The van der Waals surface area contributed by atoms with Crippen molar-refractivity contribution in [2.45, 2.75) is 18.7 Å². The third-order valence-electron chi connectivity index (χ3n) is 3.99.